The second-order valence-corrected chi connectivity index (χ2v) is 12.3. The maximum Gasteiger partial charge on any atom is 0.157 e. The average molecular weight is 391 g/mol. The molecular weight excluding hydrogens is 360 g/mol. The van der Waals surface area contributed by atoms with Crippen molar-refractivity contribution in [1.82, 2.24) is 0 Å². The van der Waals surface area contributed by atoms with Crippen LogP contribution in [-0.4, -0.2) is 36.9 Å². The molecule has 7 atom stereocenters. The van der Waals surface area contributed by atoms with E-state index in [9.17, 15) is 18.3 Å². The summed E-state index contributed by atoms with van der Waals surface area (Å²) in [6, 6.07) is 0. The zero-order chi connectivity index (χ0) is 19.2. The molecule has 0 aromatic rings. The van der Waals surface area contributed by atoms with E-state index in [0.717, 1.165) is 43.3 Å². The van der Waals surface area contributed by atoms with Gasteiger partial charge in [-0.2, -0.15) is 0 Å². The van der Waals surface area contributed by atoms with Crippen molar-refractivity contribution in [3.05, 3.63) is 23.8 Å². The number of carbonyl (C=O) groups is 1. The lowest BCUT2D eigenvalue weighted by Crippen LogP contribution is -2.52. The molecule has 1 N–H and O–H groups in total. The highest BCUT2D eigenvalue weighted by Gasteiger charge is 2.67. The SMILES string of the molecule is C=C(CO)C1CCC2C3C[C@H]4C5=CC(=O)CC[C@]5(CS4(=O)=O)C3CC[C@]12C. The quantitative estimate of drug-likeness (QED) is 0.736. The Labute approximate surface area is 162 Å². The number of rotatable bonds is 2. The molecule has 5 heteroatoms. The molecule has 1 heterocycles. The van der Waals surface area contributed by atoms with Gasteiger partial charge in [0.25, 0.3) is 0 Å². The first-order valence-corrected chi connectivity index (χ1v) is 12.2. The van der Waals surface area contributed by atoms with Gasteiger partial charge in [-0.25, -0.2) is 8.42 Å². The molecule has 2 bridgehead atoms. The number of hydrogen-bond donors (Lipinski definition) is 1. The van der Waals surface area contributed by atoms with E-state index in [2.05, 4.69) is 13.5 Å². The normalized spacial score (nSPS) is 49.8. The molecule has 4 unspecified atom stereocenters. The number of sulfone groups is 1. The van der Waals surface area contributed by atoms with Crippen LogP contribution >= 0.6 is 0 Å². The van der Waals surface area contributed by atoms with Gasteiger partial charge in [0.2, 0.25) is 0 Å². The Morgan fingerprint density at radius 2 is 2.04 bits per heavy atom. The first kappa shape index (κ1) is 18.1. The van der Waals surface area contributed by atoms with Crippen molar-refractivity contribution >= 4 is 15.6 Å². The Balaban J connectivity index is 1.58. The van der Waals surface area contributed by atoms with Crippen LogP contribution in [0.5, 0.6) is 0 Å². The fourth-order valence-electron chi connectivity index (χ4n) is 8.21. The molecule has 4 fully saturated rings. The molecule has 5 rings (SSSR count). The molecule has 1 aliphatic heterocycles. The fraction of sp³-hybridized carbons (Fsp3) is 0.773. The molecule has 4 nitrogen and oxygen atoms in total. The molecule has 27 heavy (non-hydrogen) atoms. The van der Waals surface area contributed by atoms with Crippen molar-refractivity contribution in [3.63, 3.8) is 0 Å². The lowest BCUT2D eigenvalue weighted by Gasteiger charge is -2.57. The molecule has 0 radical (unpaired) electrons. The van der Waals surface area contributed by atoms with Gasteiger partial charge in [0, 0.05) is 11.8 Å². The van der Waals surface area contributed by atoms with Crippen LogP contribution in [0.1, 0.15) is 51.9 Å². The van der Waals surface area contributed by atoms with Crippen molar-refractivity contribution in [3.8, 4) is 0 Å². The minimum atomic E-state index is -3.16. The first-order chi connectivity index (χ1) is 12.7. The van der Waals surface area contributed by atoms with Gasteiger partial charge in [-0.15, -0.1) is 0 Å². The van der Waals surface area contributed by atoms with E-state index < -0.39 is 15.1 Å². The second-order valence-electron chi connectivity index (χ2n) is 10.1. The Bertz CT molecular complexity index is 856. The number of hydrogen-bond acceptors (Lipinski definition) is 4. The summed E-state index contributed by atoms with van der Waals surface area (Å²) >= 11 is 0. The number of aliphatic hydroxyl groups is 1. The highest BCUT2D eigenvalue weighted by molar-refractivity contribution is 7.92. The summed E-state index contributed by atoms with van der Waals surface area (Å²) in [5, 5.41) is 9.23. The fourth-order valence-corrected chi connectivity index (χ4v) is 10.9. The Morgan fingerprint density at radius 3 is 2.78 bits per heavy atom. The third-order valence-corrected chi connectivity index (χ3v) is 11.5. The van der Waals surface area contributed by atoms with Crippen LogP contribution in [0.25, 0.3) is 0 Å². The number of aliphatic hydroxyl groups excluding tert-OH is 1. The molecule has 148 valence electrons. The van der Waals surface area contributed by atoms with Crippen LogP contribution in [0.15, 0.2) is 23.8 Å². The minimum absolute atomic E-state index is 0.0526. The lowest BCUT2D eigenvalue weighted by atomic mass is 9.46. The molecule has 4 aliphatic carbocycles. The van der Waals surface area contributed by atoms with Crippen molar-refractivity contribution in [2.45, 2.75) is 57.1 Å². The number of ketones is 1. The van der Waals surface area contributed by atoms with Crippen LogP contribution < -0.4 is 0 Å². The monoisotopic (exact) mass is 390 g/mol. The van der Waals surface area contributed by atoms with E-state index in [-0.39, 0.29) is 29.0 Å². The number of fused-ring (bicyclic) bond motifs is 3. The number of carbonyl (C=O) groups excluding carboxylic acids is 1. The molecule has 0 amide bonds. The standard InChI is InChI=1S/C22H30O4S/c1-13(11-23)16-3-4-17-15-10-20-19-9-14(24)5-8-22(19,12-27(20,25)26)18(15)6-7-21(16,17)2/h9,15-18,20,23H,1,3-8,10-12H2,2H3/t15?,16?,17?,18?,20-,21+,22-/m0/s1. The zero-order valence-corrected chi connectivity index (χ0v) is 16.9. The smallest absolute Gasteiger partial charge is 0.157 e. The minimum Gasteiger partial charge on any atom is -0.392 e. The van der Waals surface area contributed by atoms with Gasteiger partial charge in [0.1, 0.15) is 0 Å². The molecule has 0 aromatic carbocycles. The first-order valence-electron chi connectivity index (χ1n) is 10.5. The lowest BCUT2D eigenvalue weighted by molar-refractivity contribution is -0.117. The highest BCUT2D eigenvalue weighted by atomic mass is 32.2. The third kappa shape index (κ3) is 2.19. The summed E-state index contributed by atoms with van der Waals surface area (Å²) in [6.07, 6.45) is 7.94. The van der Waals surface area contributed by atoms with Gasteiger partial charge in [-0.3, -0.25) is 4.79 Å². The van der Waals surface area contributed by atoms with Gasteiger partial charge < -0.3 is 5.11 Å². The summed E-state index contributed by atoms with van der Waals surface area (Å²) in [5.74, 6) is 2.06. The van der Waals surface area contributed by atoms with Crippen molar-refractivity contribution in [2.24, 2.45) is 34.5 Å². The van der Waals surface area contributed by atoms with Gasteiger partial charge in [-0.05, 0) is 84.8 Å². The van der Waals surface area contributed by atoms with E-state index in [1.54, 1.807) is 6.08 Å². The average Bonchev–Trinajstić information content (AvgIpc) is 3.04. The van der Waals surface area contributed by atoms with Gasteiger partial charge in [-0.1, -0.05) is 13.5 Å². The van der Waals surface area contributed by atoms with E-state index in [4.69, 9.17) is 0 Å². The Kier molecular flexibility index (Phi) is 3.73. The maximum absolute atomic E-state index is 13.0. The summed E-state index contributed by atoms with van der Waals surface area (Å²) < 4.78 is 26.1. The van der Waals surface area contributed by atoms with Crippen molar-refractivity contribution < 1.29 is 18.3 Å². The molecule has 1 saturated heterocycles. The topological polar surface area (TPSA) is 71.4 Å². The zero-order valence-electron chi connectivity index (χ0n) is 16.1. The summed E-state index contributed by atoms with van der Waals surface area (Å²) in [4.78, 5) is 12.1. The third-order valence-electron chi connectivity index (χ3n) is 9.28. The highest BCUT2D eigenvalue weighted by Crippen LogP contribution is 2.70. The summed E-state index contributed by atoms with van der Waals surface area (Å²) in [7, 11) is -3.16. The van der Waals surface area contributed by atoms with Gasteiger partial charge in [0.15, 0.2) is 15.6 Å². The van der Waals surface area contributed by atoms with Crippen LogP contribution in [0.4, 0.5) is 0 Å². The van der Waals surface area contributed by atoms with E-state index in [1.807, 2.05) is 0 Å². The van der Waals surface area contributed by atoms with Gasteiger partial charge >= 0.3 is 0 Å². The Morgan fingerprint density at radius 1 is 1.26 bits per heavy atom. The predicted molar refractivity (Wildman–Crippen MR) is 104 cm³/mol. The van der Waals surface area contributed by atoms with Crippen LogP contribution in [0.3, 0.4) is 0 Å². The van der Waals surface area contributed by atoms with Crippen LogP contribution in [-0.2, 0) is 14.6 Å². The van der Waals surface area contributed by atoms with Crippen LogP contribution in [0, 0.1) is 34.5 Å². The molecule has 5 aliphatic rings. The summed E-state index contributed by atoms with van der Waals surface area (Å²) in [6.45, 7) is 6.55. The van der Waals surface area contributed by atoms with Gasteiger partial charge in [0.05, 0.1) is 17.6 Å². The molecule has 3 saturated carbocycles. The molecular formula is C22H30O4S. The largest absolute Gasteiger partial charge is 0.392 e. The summed E-state index contributed by atoms with van der Waals surface area (Å²) in [5.41, 5.74) is 1.78. The van der Waals surface area contributed by atoms with Crippen molar-refractivity contribution in [1.29, 1.82) is 0 Å². The van der Waals surface area contributed by atoms with E-state index >= 15 is 0 Å². The van der Waals surface area contributed by atoms with E-state index in [0.29, 0.717) is 36.5 Å². The Hall–Kier alpha value is -0.940. The maximum atomic E-state index is 13.0. The van der Waals surface area contributed by atoms with Crippen molar-refractivity contribution in [2.75, 3.05) is 12.4 Å². The molecule has 0 aromatic heterocycles. The van der Waals surface area contributed by atoms with E-state index in [1.165, 1.54) is 0 Å². The molecule has 0 spiro atoms. The second kappa shape index (κ2) is 5.56. The van der Waals surface area contributed by atoms with Crippen LogP contribution in [0.2, 0.25) is 0 Å². The predicted octanol–water partition coefficient (Wildman–Crippen LogP) is 3.07.